The molecular weight excluding hydrogens is 203 g/mol. The predicted octanol–water partition coefficient (Wildman–Crippen LogP) is 0.0787. The van der Waals surface area contributed by atoms with Crippen LogP contribution in [0.5, 0.6) is 0 Å². The molecule has 1 aliphatic heterocycles. The summed E-state index contributed by atoms with van der Waals surface area (Å²) in [6, 6.07) is 0. The van der Waals surface area contributed by atoms with Crippen molar-refractivity contribution in [3.05, 3.63) is 0 Å². The van der Waals surface area contributed by atoms with E-state index in [9.17, 15) is 18.0 Å². The van der Waals surface area contributed by atoms with Crippen LogP contribution in [0.2, 0.25) is 0 Å². The summed E-state index contributed by atoms with van der Waals surface area (Å²) in [6.45, 7) is 0.562. The van der Waals surface area contributed by atoms with E-state index in [-0.39, 0.29) is 6.54 Å². The SMILES string of the molecule is CO[C@@H]1CNC[C@H]1OC(=O)C(F)(F)F. The van der Waals surface area contributed by atoms with Crippen LogP contribution in [-0.4, -0.2) is 44.6 Å². The number of rotatable bonds is 2. The summed E-state index contributed by atoms with van der Waals surface area (Å²) in [6.07, 6.45) is -6.32. The van der Waals surface area contributed by atoms with E-state index in [0.29, 0.717) is 6.54 Å². The number of nitrogens with one attached hydrogen (secondary N) is 1. The van der Waals surface area contributed by atoms with E-state index in [1.54, 1.807) is 0 Å². The van der Waals surface area contributed by atoms with Crippen LogP contribution in [0.3, 0.4) is 0 Å². The van der Waals surface area contributed by atoms with Gasteiger partial charge in [0, 0.05) is 20.2 Å². The first-order valence-electron chi connectivity index (χ1n) is 3.96. The zero-order chi connectivity index (χ0) is 10.8. The van der Waals surface area contributed by atoms with E-state index in [4.69, 9.17) is 4.74 Å². The molecule has 0 unspecified atom stereocenters. The van der Waals surface area contributed by atoms with Crippen LogP contribution in [0.25, 0.3) is 0 Å². The van der Waals surface area contributed by atoms with Crippen LogP contribution in [0.15, 0.2) is 0 Å². The normalized spacial score (nSPS) is 27.7. The van der Waals surface area contributed by atoms with Crippen LogP contribution in [0, 0.1) is 0 Å². The van der Waals surface area contributed by atoms with Crippen LogP contribution in [-0.2, 0) is 14.3 Å². The molecule has 82 valence electrons. The maximum absolute atomic E-state index is 11.8. The lowest BCUT2D eigenvalue weighted by atomic mass is 10.2. The number of hydrogen-bond donors (Lipinski definition) is 1. The molecule has 0 amide bonds. The third kappa shape index (κ3) is 2.58. The molecule has 1 N–H and O–H groups in total. The Labute approximate surface area is 78.4 Å². The molecule has 1 saturated heterocycles. The van der Waals surface area contributed by atoms with Crippen LogP contribution in [0.4, 0.5) is 13.2 Å². The number of alkyl halides is 3. The summed E-state index contributed by atoms with van der Waals surface area (Å²) in [7, 11) is 1.35. The Morgan fingerprint density at radius 2 is 1.93 bits per heavy atom. The molecule has 0 saturated carbocycles. The van der Waals surface area contributed by atoms with E-state index >= 15 is 0 Å². The molecule has 0 aromatic heterocycles. The van der Waals surface area contributed by atoms with Gasteiger partial charge in [-0.2, -0.15) is 13.2 Å². The van der Waals surface area contributed by atoms with Gasteiger partial charge in [0.25, 0.3) is 0 Å². The molecule has 7 heteroatoms. The number of carbonyl (C=O) groups is 1. The Bertz CT molecular complexity index is 219. The van der Waals surface area contributed by atoms with E-state index in [1.165, 1.54) is 7.11 Å². The standard InChI is InChI=1S/C7H10F3NO3/c1-13-4-2-11-3-5(4)14-6(12)7(8,9)10/h4-5,11H,2-3H2,1H3/t4-,5-/m1/s1. The summed E-state index contributed by atoms with van der Waals surface area (Å²) in [5, 5.41) is 2.76. The number of halogens is 3. The van der Waals surface area contributed by atoms with Gasteiger partial charge in [0.15, 0.2) is 0 Å². The molecule has 1 heterocycles. The van der Waals surface area contributed by atoms with Gasteiger partial charge < -0.3 is 14.8 Å². The fraction of sp³-hybridized carbons (Fsp3) is 0.857. The highest BCUT2D eigenvalue weighted by atomic mass is 19.4. The summed E-state index contributed by atoms with van der Waals surface area (Å²) >= 11 is 0. The summed E-state index contributed by atoms with van der Waals surface area (Å²) in [4.78, 5) is 10.5. The van der Waals surface area contributed by atoms with E-state index in [0.717, 1.165) is 0 Å². The first-order chi connectivity index (χ1) is 6.45. The Morgan fingerprint density at radius 3 is 2.43 bits per heavy atom. The third-order valence-corrected chi connectivity index (χ3v) is 1.90. The Balaban J connectivity index is 2.48. The predicted molar refractivity (Wildman–Crippen MR) is 39.6 cm³/mol. The third-order valence-electron chi connectivity index (χ3n) is 1.90. The molecule has 1 aliphatic rings. The Hall–Kier alpha value is -0.820. The minimum absolute atomic E-state index is 0.181. The van der Waals surface area contributed by atoms with Gasteiger partial charge in [0.1, 0.15) is 12.2 Å². The van der Waals surface area contributed by atoms with E-state index < -0.39 is 24.4 Å². The largest absolute Gasteiger partial charge is 0.490 e. The van der Waals surface area contributed by atoms with Gasteiger partial charge in [0.05, 0.1) is 0 Å². The number of methoxy groups -OCH3 is 1. The lowest BCUT2D eigenvalue weighted by Gasteiger charge is -2.18. The van der Waals surface area contributed by atoms with Gasteiger partial charge in [-0.25, -0.2) is 4.79 Å². The quantitative estimate of drug-likeness (QED) is 0.660. The fourth-order valence-electron chi connectivity index (χ4n) is 1.19. The van der Waals surface area contributed by atoms with Crippen molar-refractivity contribution in [2.24, 2.45) is 0 Å². The number of esters is 1. The minimum atomic E-state index is -4.94. The average molecular weight is 213 g/mol. The van der Waals surface area contributed by atoms with Crippen LogP contribution in [0.1, 0.15) is 0 Å². The molecular formula is C7H10F3NO3. The highest BCUT2D eigenvalue weighted by molar-refractivity contribution is 5.75. The van der Waals surface area contributed by atoms with Gasteiger partial charge >= 0.3 is 12.1 Å². The lowest BCUT2D eigenvalue weighted by Crippen LogP contribution is -2.36. The zero-order valence-corrected chi connectivity index (χ0v) is 7.43. The van der Waals surface area contributed by atoms with Gasteiger partial charge in [-0.1, -0.05) is 0 Å². The average Bonchev–Trinajstić information content (AvgIpc) is 2.50. The van der Waals surface area contributed by atoms with Gasteiger partial charge in [0.2, 0.25) is 0 Å². The molecule has 0 spiro atoms. The van der Waals surface area contributed by atoms with Crippen LogP contribution < -0.4 is 5.32 Å². The van der Waals surface area contributed by atoms with Crippen molar-refractivity contribution in [1.29, 1.82) is 0 Å². The zero-order valence-electron chi connectivity index (χ0n) is 7.43. The molecule has 0 aliphatic carbocycles. The van der Waals surface area contributed by atoms with Crippen molar-refractivity contribution in [2.75, 3.05) is 20.2 Å². The van der Waals surface area contributed by atoms with E-state index in [2.05, 4.69) is 10.1 Å². The van der Waals surface area contributed by atoms with E-state index in [1.807, 2.05) is 0 Å². The van der Waals surface area contributed by atoms with Crippen molar-refractivity contribution in [3.8, 4) is 0 Å². The number of carbonyl (C=O) groups excluding carboxylic acids is 1. The maximum Gasteiger partial charge on any atom is 0.490 e. The first kappa shape index (κ1) is 11.3. The van der Waals surface area contributed by atoms with Gasteiger partial charge in [-0.15, -0.1) is 0 Å². The lowest BCUT2D eigenvalue weighted by molar-refractivity contribution is -0.207. The summed E-state index contributed by atoms with van der Waals surface area (Å²) in [5.41, 5.74) is 0. The molecule has 0 aromatic carbocycles. The summed E-state index contributed by atoms with van der Waals surface area (Å²) < 4.78 is 44.5. The van der Waals surface area contributed by atoms with Gasteiger partial charge in [-0.05, 0) is 0 Å². The fourth-order valence-corrected chi connectivity index (χ4v) is 1.19. The smallest absolute Gasteiger partial charge is 0.452 e. The maximum atomic E-state index is 11.8. The Morgan fingerprint density at radius 1 is 1.36 bits per heavy atom. The number of hydrogen-bond acceptors (Lipinski definition) is 4. The molecule has 1 rings (SSSR count). The highest BCUT2D eigenvalue weighted by Crippen LogP contribution is 2.19. The van der Waals surface area contributed by atoms with Crippen LogP contribution >= 0.6 is 0 Å². The second kappa shape index (κ2) is 4.14. The van der Waals surface area contributed by atoms with Crippen molar-refractivity contribution < 1.29 is 27.4 Å². The van der Waals surface area contributed by atoms with Crippen molar-refractivity contribution in [3.63, 3.8) is 0 Å². The molecule has 4 nitrogen and oxygen atoms in total. The number of ether oxygens (including phenoxy) is 2. The molecule has 14 heavy (non-hydrogen) atoms. The molecule has 0 bridgehead atoms. The van der Waals surface area contributed by atoms with Crippen molar-refractivity contribution >= 4 is 5.97 Å². The molecule has 1 fully saturated rings. The topological polar surface area (TPSA) is 47.6 Å². The van der Waals surface area contributed by atoms with Crippen molar-refractivity contribution in [2.45, 2.75) is 18.4 Å². The first-order valence-corrected chi connectivity index (χ1v) is 3.96. The molecule has 0 aromatic rings. The van der Waals surface area contributed by atoms with Crippen molar-refractivity contribution in [1.82, 2.24) is 5.32 Å². The van der Waals surface area contributed by atoms with Gasteiger partial charge in [-0.3, -0.25) is 0 Å². The minimum Gasteiger partial charge on any atom is -0.452 e. The Kier molecular flexibility index (Phi) is 3.33. The second-order valence-corrected chi connectivity index (χ2v) is 2.87. The second-order valence-electron chi connectivity index (χ2n) is 2.87. The monoisotopic (exact) mass is 213 g/mol. The molecule has 0 radical (unpaired) electrons. The molecule has 2 atom stereocenters. The highest BCUT2D eigenvalue weighted by Gasteiger charge is 2.44. The summed E-state index contributed by atoms with van der Waals surface area (Å²) in [5.74, 6) is -2.17.